The van der Waals surface area contributed by atoms with Crippen molar-refractivity contribution in [3.05, 3.63) is 63.1 Å². The molecule has 0 spiro atoms. The van der Waals surface area contributed by atoms with Gasteiger partial charge in [-0.3, -0.25) is 13.9 Å². The van der Waals surface area contributed by atoms with E-state index in [1.54, 1.807) is 42.5 Å². The fourth-order valence-corrected chi connectivity index (χ4v) is 4.92. The summed E-state index contributed by atoms with van der Waals surface area (Å²) >= 11 is 9.78. The molecule has 0 aliphatic rings. The summed E-state index contributed by atoms with van der Waals surface area (Å²) in [7, 11) is -3.78. The van der Waals surface area contributed by atoms with Gasteiger partial charge in [0.1, 0.15) is 12.6 Å². The second-order valence-corrected chi connectivity index (χ2v) is 11.6. The highest BCUT2D eigenvalue weighted by Gasteiger charge is 2.32. The predicted molar refractivity (Wildman–Crippen MR) is 145 cm³/mol. The number of nitrogens with one attached hydrogen (secondary N) is 1. The Hall–Kier alpha value is -2.10. The maximum Gasteiger partial charge on any atom is 0.244 e. The Labute approximate surface area is 222 Å². The van der Waals surface area contributed by atoms with Gasteiger partial charge in [-0.25, -0.2) is 8.42 Å². The molecule has 0 unspecified atom stereocenters. The maximum absolute atomic E-state index is 13.7. The third-order valence-corrected chi connectivity index (χ3v) is 8.02. The number of carbonyl (C=O) groups is 2. The SMILES string of the molecule is CCCCNC(=O)[C@H](CC)N(Cc1ccccc1Cl)C(=O)CN(c1ccc(Br)c(C)c1)S(C)(=O)=O. The number of rotatable bonds is 12. The van der Waals surface area contributed by atoms with E-state index in [0.717, 1.165) is 33.4 Å². The molecule has 1 atom stereocenters. The standard InChI is InChI=1S/C25H33BrClN3O4S/c1-5-7-14-28-25(32)23(6-2)29(16-19-10-8-9-11-22(19)27)24(31)17-30(35(4,33)34)20-12-13-21(26)18(3)15-20/h8-13,15,23H,5-7,14,16-17H2,1-4H3,(H,28,32)/t23-/m0/s1. The highest BCUT2D eigenvalue weighted by molar-refractivity contribution is 9.10. The Kier molecular flexibility index (Phi) is 11.0. The summed E-state index contributed by atoms with van der Waals surface area (Å²) < 4.78 is 27.3. The Morgan fingerprint density at radius 2 is 1.83 bits per heavy atom. The largest absolute Gasteiger partial charge is 0.354 e. The molecule has 0 bridgehead atoms. The van der Waals surface area contributed by atoms with Crippen LogP contribution in [-0.4, -0.2) is 50.5 Å². The summed E-state index contributed by atoms with van der Waals surface area (Å²) in [6, 6.07) is 11.4. The van der Waals surface area contributed by atoms with Crippen molar-refractivity contribution in [2.75, 3.05) is 23.7 Å². The molecule has 2 aromatic carbocycles. The van der Waals surface area contributed by atoms with Crippen LogP contribution >= 0.6 is 27.5 Å². The third kappa shape index (κ3) is 8.22. The molecule has 192 valence electrons. The molecule has 10 heteroatoms. The number of nitrogens with zero attached hydrogens (tertiary/aromatic N) is 2. The lowest BCUT2D eigenvalue weighted by Gasteiger charge is -2.33. The van der Waals surface area contributed by atoms with Crippen LogP contribution in [0.25, 0.3) is 0 Å². The molecule has 0 aliphatic heterocycles. The summed E-state index contributed by atoms with van der Waals surface area (Å²) in [6.45, 7) is 5.84. The summed E-state index contributed by atoms with van der Waals surface area (Å²) in [6.07, 6.45) is 3.18. The summed E-state index contributed by atoms with van der Waals surface area (Å²) in [5, 5.41) is 3.36. The molecule has 0 radical (unpaired) electrons. The van der Waals surface area contributed by atoms with Gasteiger partial charge >= 0.3 is 0 Å². The molecule has 0 aromatic heterocycles. The van der Waals surface area contributed by atoms with Crippen LogP contribution in [0.2, 0.25) is 5.02 Å². The van der Waals surface area contributed by atoms with Crippen LogP contribution < -0.4 is 9.62 Å². The van der Waals surface area contributed by atoms with E-state index in [1.807, 2.05) is 20.8 Å². The molecule has 2 rings (SSSR count). The number of hydrogen-bond donors (Lipinski definition) is 1. The van der Waals surface area contributed by atoms with Crippen molar-refractivity contribution in [2.24, 2.45) is 0 Å². The number of halogens is 2. The molecular formula is C25H33BrClN3O4S. The van der Waals surface area contributed by atoms with Crippen LogP contribution in [0.15, 0.2) is 46.9 Å². The fraction of sp³-hybridized carbons (Fsp3) is 0.440. The first-order valence-corrected chi connectivity index (χ1v) is 14.6. The van der Waals surface area contributed by atoms with Gasteiger partial charge in [0.2, 0.25) is 21.8 Å². The van der Waals surface area contributed by atoms with Gasteiger partial charge in [0, 0.05) is 22.6 Å². The molecule has 1 N–H and O–H groups in total. The average molecular weight is 587 g/mol. The number of hydrogen-bond acceptors (Lipinski definition) is 4. The van der Waals surface area contributed by atoms with E-state index in [0.29, 0.717) is 29.2 Å². The zero-order valence-electron chi connectivity index (χ0n) is 20.6. The fourth-order valence-electron chi connectivity index (χ4n) is 3.63. The van der Waals surface area contributed by atoms with Gasteiger partial charge in [0.05, 0.1) is 11.9 Å². The summed E-state index contributed by atoms with van der Waals surface area (Å²) in [5.41, 5.74) is 1.88. The monoisotopic (exact) mass is 585 g/mol. The lowest BCUT2D eigenvalue weighted by molar-refractivity contribution is -0.140. The second-order valence-electron chi connectivity index (χ2n) is 8.38. The number of sulfonamides is 1. The van der Waals surface area contributed by atoms with Crippen molar-refractivity contribution in [3.8, 4) is 0 Å². The number of aryl methyl sites for hydroxylation is 1. The van der Waals surface area contributed by atoms with E-state index in [-0.39, 0.29) is 12.5 Å². The topological polar surface area (TPSA) is 86.8 Å². The van der Waals surface area contributed by atoms with Crippen molar-refractivity contribution in [2.45, 2.75) is 52.6 Å². The van der Waals surface area contributed by atoms with Gasteiger partial charge in [0.25, 0.3) is 0 Å². The van der Waals surface area contributed by atoms with E-state index in [1.165, 1.54) is 4.90 Å². The quantitative estimate of drug-likeness (QED) is 0.359. The minimum Gasteiger partial charge on any atom is -0.354 e. The first kappa shape index (κ1) is 29.1. The Morgan fingerprint density at radius 1 is 1.14 bits per heavy atom. The van der Waals surface area contributed by atoms with Crippen molar-refractivity contribution < 1.29 is 18.0 Å². The molecule has 0 heterocycles. The molecular weight excluding hydrogens is 554 g/mol. The molecule has 7 nitrogen and oxygen atoms in total. The molecule has 2 aromatic rings. The Morgan fingerprint density at radius 3 is 2.40 bits per heavy atom. The van der Waals surface area contributed by atoms with Crippen molar-refractivity contribution in [1.29, 1.82) is 0 Å². The predicted octanol–water partition coefficient (Wildman–Crippen LogP) is 4.90. The van der Waals surface area contributed by atoms with Crippen LogP contribution in [0, 0.1) is 6.92 Å². The third-order valence-electron chi connectivity index (χ3n) is 5.62. The van der Waals surface area contributed by atoms with E-state index in [4.69, 9.17) is 11.6 Å². The van der Waals surface area contributed by atoms with Crippen molar-refractivity contribution >= 4 is 55.1 Å². The molecule has 0 saturated carbocycles. The molecule has 0 saturated heterocycles. The van der Waals surface area contributed by atoms with Crippen molar-refractivity contribution in [3.63, 3.8) is 0 Å². The first-order valence-electron chi connectivity index (χ1n) is 11.5. The highest BCUT2D eigenvalue weighted by Crippen LogP contribution is 2.26. The van der Waals surface area contributed by atoms with E-state index in [2.05, 4.69) is 21.2 Å². The minimum atomic E-state index is -3.78. The minimum absolute atomic E-state index is 0.0786. The maximum atomic E-state index is 13.7. The van der Waals surface area contributed by atoms with Crippen LogP contribution in [0.1, 0.15) is 44.2 Å². The zero-order valence-corrected chi connectivity index (χ0v) is 23.7. The van der Waals surface area contributed by atoms with Gasteiger partial charge < -0.3 is 10.2 Å². The lowest BCUT2D eigenvalue weighted by atomic mass is 10.1. The van der Waals surface area contributed by atoms with Gasteiger partial charge in [0.15, 0.2) is 0 Å². The Balaban J connectivity index is 2.43. The smallest absolute Gasteiger partial charge is 0.244 e. The van der Waals surface area contributed by atoms with Crippen LogP contribution in [0.5, 0.6) is 0 Å². The summed E-state index contributed by atoms with van der Waals surface area (Å²) in [4.78, 5) is 28.1. The first-order chi connectivity index (χ1) is 16.5. The van der Waals surface area contributed by atoms with Gasteiger partial charge in [-0.15, -0.1) is 0 Å². The van der Waals surface area contributed by atoms with Crippen LogP contribution in [0.3, 0.4) is 0 Å². The van der Waals surface area contributed by atoms with Crippen LogP contribution in [0.4, 0.5) is 5.69 Å². The average Bonchev–Trinajstić information content (AvgIpc) is 2.79. The highest BCUT2D eigenvalue weighted by atomic mass is 79.9. The Bertz CT molecular complexity index is 1140. The van der Waals surface area contributed by atoms with E-state index >= 15 is 0 Å². The number of benzene rings is 2. The van der Waals surface area contributed by atoms with Gasteiger partial charge in [-0.2, -0.15) is 0 Å². The molecule has 2 amide bonds. The number of amides is 2. The van der Waals surface area contributed by atoms with Gasteiger partial charge in [-0.05, 0) is 55.2 Å². The van der Waals surface area contributed by atoms with E-state index < -0.39 is 28.5 Å². The second kappa shape index (κ2) is 13.3. The number of carbonyl (C=O) groups excluding carboxylic acids is 2. The molecule has 35 heavy (non-hydrogen) atoms. The normalized spacial score (nSPS) is 12.2. The van der Waals surface area contributed by atoms with Crippen molar-refractivity contribution in [1.82, 2.24) is 10.2 Å². The number of unbranched alkanes of at least 4 members (excludes halogenated alkanes) is 1. The van der Waals surface area contributed by atoms with Gasteiger partial charge in [-0.1, -0.05) is 66.0 Å². The number of anilines is 1. The van der Waals surface area contributed by atoms with E-state index in [9.17, 15) is 18.0 Å². The molecule has 0 fully saturated rings. The lowest BCUT2D eigenvalue weighted by Crippen LogP contribution is -2.52. The zero-order chi connectivity index (χ0) is 26.2. The van der Waals surface area contributed by atoms with Crippen LogP contribution in [-0.2, 0) is 26.2 Å². The molecule has 0 aliphatic carbocycles. The summed E-state index contributed by atoms with van der Waals surface area (Å²) in [5.74, 6) is -0.764.